The maximum Gasteiger partial charge on any atom is 0.171 e. The molecule has 4 heteroatoms. The number of furan rings is 1. The number of halogens is 1. The van der Waals surface area contributed by atoms with Crippen LogP contribution in [0.4, 0.5) is 0 Å². The van der Waals surface area contributed by atoms with Crippen molar-refractivity contribution in [3.8, 4) is 5.75 Å². The van der Waals surface area contributed by atoms with Crippen molar-refractivity contribution in [2.24, 2.45) is 5.73 Å². The van der Waals surface area contributed by atoms with Crippen LogP contribution in [0.3, 0.4) is 0 Å². The van der Waals surface area contributed by atoms with Crippen LogP contribution in [-0.4, -0.2) is 6.04 Å². The number of hydrogen-bond donors (Lipinski definition) is 1. The van der Waals surface area contributed by atoms with Crippen LogP contribution in [0.15, 0.2) is 39.2 Å². The van der Waals surface area contributed by atoms with Gasteiger partial charge >= 0.3 is 0 Å². The summed E-state index contributed by atoms with van der Waals surface area (Å²) >= 11 is 3.45. The minimum Gasteiger partial charge on any atom is -0.481 e. The Balaban J connectivity index is 2.29. The summed E-state index contributed by atoms with van der Waals surface area (Å²) in [6, 6.07) is 9.61. The highest BCUT2D eigenvalue weighted by molar-refractivity contribution is 9.10. The fraction of sp³-hybridized carbons (Fsp3) is 0.333. The SMILES string of the molecule is Cc1ccc(C(Oc2cc(Br)ccc2C)C(C)N)o1. The van der Waals surface area contributed by atoms with E-state index in [4.69, 9.17) is 14.9 Å². The van der Waals surface area contributed by atoms with Crippen LogP contribution in [0.2, 0.25) is 0 Å². The van der Waals surface area contributed by atoms with E-state index in [-0.39, 0.29) is 12.1 Å². The Hall–Kier alpha value is -1.26. The van der Waals surface area contributed by atoms with E-state index >= 15 is 0 Å². The van der Waals surface area contributed by atoms with Gasteiger partial charge in [0.05, 0.1) is 0 Å². The molecule has 0 amide bonds. The smallest absolute Gasteiger partial charge is 0.171 e. The van der Waals surface area contributed by atoms with Gasteiger partial charge < -0.3 is 14.9 Å². The maximum absolute atomic E-state index is 6.04. The molecule has 1 aromatic carbocycles. The van der Waals surface area contributed by atoms with Crippen LogP contribution in [0.1, 0.15) is 30.1 Å². The van der Waals surface area contributed by atoms with Gasteiger partial charge in [0.2, 0.25) is 0 Å². The van der Waals surface area contributed by atoms with E-state index < -0.39 is 0 Å². The summed E-state index contributed by atoms with van der Waals surface area (Å²) in [5.41, 5.74) is 7.08. The van der Waals surface area contributed by atoms with Crippen LogP contribution >= 0.6 is 15.9 Å². The second kappa shape index (κ2) is 5.80. The second-order valence-corrected chi connectivity index (χ2v) is 5.67. The molecule has 0 fully saturated rings. The number of aryl methyl sites for hydroxylation is 2. The van der Waals surface area contributed by atoms with Crippen molar-refractivity contribution in [1.82, 2.24) is 0 Å². The zero-order valence-electron chi connectivity index (χ0n) is 11.3. The maximum atomic E-state index is 6.04. The molecule has 0 aliphatic carbocycles. The zero-order chi connectivity index (χ0) is 14.0. The van der Waals surface area contributed by atoms with E-state index in [2.05, 4.69) is 15.9 Å². The summed E-state index contributed by atoms with van der Waals surface area (Å²) in [5, 5.41) is 0. The molecule has 102 valence electrons. The van der Waals surface area contributed by atoms with E-state index in [9.17, 15) is 0 Å². The fourth-order valence-corrected chi connectivity index (χ4v) is 2.21. The average molecular weight is 324 g/mol. The fourth-order valence-electron chi connectivity index (χ4n) is 1.87. The van der Waals surface area contributed by atoms with E-state index in [1.165, 1.54) is 0 Å². The van der Waals surface area contributed by atoms with Crippen LogP contribution in [0, 0.1) is 13.8 Å². The molecular weight excluding hydrogens is 306 g/mol. The van der Waals surface area contributed by atoms with Gasteiger partial charge in [0, 0.05) is 10.5 Å². The van der Waals surface area contributed by atoms with Crippen molar-refractivity contribution < 1.29 is 9.15 Å². The molecule has 0 aliphatic rings. The molecule has 2 N–H and O–H groups in total. The van der Waals surface area contributed by atoms with Gasteiger partial charge in [0.1, 0.15) is 17.3 Å². The van der Waals surface area contributed by atoms with Crippen molar-refractivity contribution in [1.29, 1.82) is 0 Å². The Labute approximate surface area is 121 Å². The van der Waals surface area contributed by atoms with Gasteiger partial charge in [-0.3, -0.25) is 0 Å². The van der Waals surface area contributed by atoms with E-state index in [1.807, 2.05) is 51.1 Å². The molecular formula is C15H18BrNO2. The van der Waals surface area contributed by atoms with Gasteiger partial charge in [-0.2, -0.15) is 0 Å². The molecule has 1 aromatic heterocycles. The van der Waals surface area contributed by atoms with Gasteiger partial charge in [0.15, 0.2) is 6.10 Å². The molecule has 1 heterocycles. The van der Waals surface area contributed by atoms with Gasteiger partial charge in [-0.05, 0) is 50.6 Å². The lowest BCUT2D eigenvalue weighted by atomic mass is 10.1. The largest absolute Gasteiger partial charge is 0.481 e. The normalized spacial score (nSPS) is 14.2. The van der Waals surface area contributed by atoms with Gasteiger partial charge in [-0.1, -0.05) is 22.0 Å². The molecule has 0 bridgehead atoms. The molecule has 0 aliphatic heterocycles. The zero-order valence-corrected chi connectivity index (χ0v) is 12.9. The quantitative estimate of drug-likeness (QED) is 0.920. The van der Waals surface area contributed by atoms with E-state index in [0.717, 1.165) is 27.3 Å². The lowest BCUT2D eigenvalue weighted by Gasteiger charge is -2.21. The Morgan fingerprint density at radius 2 is 1.95 bits per heavy atom. The standard InChI is InChI=1S/C15H18BrNO2/c1-9-4-6-12(16)8-14(9)19-15(11(3)17)13-7-5-10(2)18-13/h4-8,11,15H,17H2,1-3H3. The molecule has 2 unspecified atom stereocenters. The Kier molecular flexibility index (Phi) is 4.32. The van der Waals surface area contributed by atoms with Crippen LogP contribution in [0.5, 0.6) is 5.75 Å². The number of rotatable bonds is 4. The minimum atomic E-state index is -0.290. The molecule has 2 aromatic rings. The number of nitrogens with two attached hydrogens (primary N) is 1. The Morgan fingerprint density at radius 3 is 2.53 bits per heavy atom. The summed E-state index contributed by atoms with van der Waals surface area (Å²) in [6.07, 6.45) is -0.290. The highest BCUT2D eigenvalue weighted by Gasteiger charge is 2.22. The van der Waals surface area contributed by atoms with Crippen LogP contribution in [0.25, 0.3) is 0 Å². The molecule has 2 rings (SSSR count). The highest BCUT2D eigenvalue weighted by Crippen LogP contribution is 2.30. The first-order valence-corrected chi connectivity index (χ1v) is 7.01. The third-order valence-corrected chi connectivity index (χ3v) is 3.42. The molecule has 0 spiro atoms. The number of benzene rings is 1. The number of hydrogen-bond acceptors (Lipinski definition) is 3. The van der Waals surface area contributed by atoms with Crippen molar-refractivity contribution in [2.45, 2.75) is 32.9 Å². The molecule has 0 saturated carbocycles. The van der Waals surface area contributed by atoms with Crippen molar-refractivity contribution in [3.63, 3.8) is 0 Å². The highest BCUT2D eigenvalue weighted by atomic mass is 79.9. The Bertz CT molecular complexity index is 563. The molecule has 0 saturated heterocycles. The van der Waals surface area contributed by atoms with Gasteiger partial charge in [0.25, 0.3) is 0 Å². The van der Waals surface area contributed by atoms with Crippen LogP contribution in [-0.2, 0) is 0 Å². The summed E-state index contributed by atoms with van der Waals surface area (Å²) in [6.45, 7) is 5.83. The molecule has 3 nitrogen and oxygen atoms in total. The predicted octanol–water partition coefficient (Wildman–Crippen LogP) is 4.13. The second-order valence-electron chi connectivity index (χ2n) is 4.76. The lowest BCUT2D eigenvalue weighted by molar-refractivity contribution is 0.150. The number of ether oxygens (including phenoxy) is 1. The van der Waals surface area contributed by atoms with Gasteiger partial charge in [-0.25, -0.2) is 0 Å². The first-order valence-electron chi connectivity index (χ1n) is 6.22. The molecule has 19 heavy (non-hydrogen) atoms. The predicted molar refractivity (Wildman–Crippen MR) is 79.3 cm³/mol. The first-order chi connectivity index (χ1) is 8.97. The monoisotopic (exact) mass is 323 g/mol. The summed E-state index contributed by atoms with van der Waals surface area (Å²) in [7, 11) is 0. The molecule has 2 atom stereocenters. The van der Waals surface area contributed by atoms with E-state index in [1.54, 1.807) is 0 Å². The third kappa shape index (κ3) is 3.39. The lowest BCUT2D eigenvalue weighted by Crippen LogP contribution is -2.28. The topological polar surface area (TPSA) is 48.4 Å². The minimum absolute atomic E-state index is 0.163. The summed E-state index contributed by atoms with van der Waals surface area (Å²) in [4.78, 5) is 0. The van der Waals surface area contributed by atoms with Crippen LogP contribution < -0.4 is 10.5 Å². The Morgan fingerprint density at radius 1 is 1.21 bits per heavy atom. The van der Waals surface area contributed by atoms with Gasteiger partial charge in [-0.15, -0.1) is 0 Å². The van der Waals surface area contributed by atoms with Crippen molar-refractivity contribution in [2.75, 3.05) is 0 Å². The summed E-state index contributed by atoms with van der Waals surface area (Å²) in [5.74, 6) is 2.42. The summed E-state index contributed by atoms with van der Waals surface area (Å²) < 4.78 is 12.6. The first kappa shape index (κ1) is 14.2. The van der Waals surface area contributed by atoms with E-state index in [0.29, 0.717) is 0 Å². The van der Waals surface area contributed by atoms with Crippen molar-refractivity contribution in [3.05, 3.63) is 51.9 Å². The average Bonchev–Trinajstić information content (AvgIpc) is 2.76. The molecule has 0 radical (unpaired) electrons. The third-order valence-electron chi connectivity index (χ3n) is 2.92. The van der Waals surface area contributed by atoms with Crippen molar-refractivity contribution >= 4 is 15.9 Å².